The number of hydrogen-bond acceptors (Lipinski definition) is 3. The number of imidazole rings is 1. The number of hydrogen-bond donors (Lipinski definition) is 2. The Morgan fingerprint density at radius 2 is 2.06 bits per heavy atom. The van der Waals surface area contributed by atoms with Crippen LogP contribution < -0.4 is 0 Å². The van der Waals surface area contributed by atoms with Gasteiger partial charge < -0.3 is 9.72 Å². The van der Waals surface area contributed by atoms with Gasteiger partial charge in [0.1, 0.15) is 5.82 Å². The van der Waals surface area contributed by atoms with E-state index in [1.165, 1.54) is 0 Å². The molecule has 0 radical (unpaired) electrons. The van der Waals surface area contributed by atoms with Crippen molar-refractivity contribution in [1.29, 1.82) is 5.41 Å². The summed E-state index contributed by atoms with van der Waals surface area (Å²) in [5.41, 5.74) is 2.01. The van der Waals surface area contributed by atoms with Gasteiger partial charge in [0.05, 0.1) is 17.6 Å². The Hall–Kier alpha value is -1.26. The van der Waals surface area contributed by atoms with E-state index >= 15 is 0 Å². The molecule has 1 aromatic heterocycles. The van der Waals surface area contributed by atoms with Crippen molar-refractivity contribution in [2.24, 2.45) is 0 Å². The van der Waals surface area contributed by atoms with Crippen LogP contribution in [0.5, 0.6) is 0 Å². The van der Waals surface area contributed by atoms with Crippen LogP contribution in [0.2, 0.25) is 0 Å². The zero-order chi connectivity index (χ0) is 10.7. The van der Waals surface area contributed by atoms with Crippen LogP contribution in [0.3, 0.4) is 0 Å². The van der Waals surface area contributed by atoms with E-state index in [0.29, 0.717) is 13.0 Å². The highest BCUT2D eigenvalue weighted by Crippen LogP contribution is 2.10. The van der Waals surface area contributed by atoms with Crippen molar-refractivity contribution in [3.05, 3.63) is 30.1 Å². The minimum atomic E-state index is 0. The van der Waals surface area contributed by atoms with Crippen molar-refractivity contribution < 1.29 is 4.74 Å². The summed E-state index contributed by atoms with van der Waals surface area (Å²) in [5, 5.41) is 7.11. The lowest BCUT2D eigenvalue weighted by Gasteiger charge is -2.00. The molecular weight excluding hydrogens is 261 g/mol. The van der Waals surface area contributed by atoms with Crippen molar-refractivity contribution in [3.8, 4) is 0 Å². The number of benzene rings is 1. The fourth-order valence-electron chi connectivity index (χ4n) is 1.42. The highest BCUT2D eigenvalue weighted by atomic mass is 35.5. The molecule has 2 N–H and O–H groups in total. The summed E-state index contributed by atoms with van der Waals surface area (Å²) in [4.78, 5) is 7.61. The number of para-hydroxylation sites is 2. The number of halogens is 2. The van der Waals surface area contributed by atoms with E-state index < -0.39 is 0 Å². The van der Waals surface area contributed by atoms with E-state index in [-0.39, 0.29) is 30.7 Å². The Bertz CT molecular complexity index is 451. The van der Waals surface area contributed by atoms with E-state index in [4.69, 9.17) is 10.1 Å². The molecule has 0 aliphatic heterocycles. The fraction of sp³-hybridized carbons (Fsp3) is 0.273. The normalized spacial score (nSPS) is 9.24. The van der Waals surface area contributed by atoms with Crippen molar-refractivity contribution in [3.63, 3.8) is 0 Å². The number of nitrogens with one attached hydrogen (secondary N) is 2. The average Bonchev–Trinajstić information content (AvgIpc) is 2.59. The van der Waals surface area contributed by atoms with Crippen LogP contribution in [0.4, 0.5) is 0 Å². The Morgan fingerprint density at radius 1 is 1.35 bits per heavy atom. The molecule has 17 heavy (non-hydrogen) atoms. The molecular formula is C11H15Cl2N3O. The van der Waals surface area contributed by atoms with E-state index in [1.54, 1.807) is 6.92 Å². The summed E-state index contributed by atoms with van der Waals surface area (Å²) in [5.74, 6) is 1.14. The third-order valence-electron chi connectivity index (χ3n) is 2.10. The number of aromatic amines is 1. The second-order valence-electron chi connectivity index (χ2n) is 3.36. The summed E-state index contributed by atoms with van der Waals surface area (Å²) in [6.07, 6.45) is 0.699. The van der Waals surface area contributed by atoms with Gasteiger partial charge in [0.15, 0.2) is 5.90 Å². The smallest absolute Gasteiger partial charge is 0.177 e. The van der Waals surface area contributed by atoms with Crippen molar-refractivity contribution in [2.45, 2.75) is 13.3 Å². The number of H-pyrrole nitrogens is 1. The van der Waals surface area contributed by atoms with Crippen LogP contribution in [0.25, 0.3) is 11.0 Å². The molecule has 6 heteroatoms. The van der Waals surface area contributed by atoms with Gasteiger partial charge in [-0.2, -0.15) is 0 Å². The molecule has 1 aromatic carbocycles. The van der Waals surface area contributed by atoms with Crippen molar-refractivity contribution in [1.82, 2.24) is 9.97 Å². The molecule has 0 saturated carbocycles. The number of nitrogens with zero attached hydrogens (tertiary/aromatic N) is 1. The molecule has 0 amide bonds. The average molecular weight is 276 g/mol. The van der Waals surface area contributed by atoms with Crippen LogP contribution in [0.1, 0.15) is 12.7 Å². The fourth-order valence-corrected chi connectivity index (χ4v) is 1.42. The Morgan fingerprint density at radius 3 is 2.71 bits per heavy atom. The summed E-state index contributed by atoms with van der Waals surface area (Å²) in [7, 11) is 0. The minimum Gasteiger partial charge on any atom is -0.481 e. The largest absolute Gasteiger partial charge is 0.481 e. The van der Waals surface area contributed by atoms with E-state index in [0.717, 1.165) is 16.9 Å². The van der Waals surface area contributed by atoms with Gasteiger partial charge in [-0.1, -0.05) is 12.1 Å². The van der Waals surface area contributed by atoms with Gasteiger partial charge in [0.2, 0.25) is 0 Å². The van der Waals surface area contributed by atoms with Crippen LogP contribution >= 0.6 is 24.8 Å². The predicted molar refractivity (Wildman–Crippen MR) is 73.6 cm³/mol. The number of fused-ring (bicyclic) bond motifs is 1. The summed E-state index contributed by atoms with van der Waals surface area (Å²) in [6.45, 7) is 2.12. The number of aromatic nitrogens is 2. The van der Waals surface area contributed by atoms with Crippen LogP contribution in [0, 0.1) is 5.41 Å². The first-order valence-electron chi connectivity index (χ1n) is 4.87. The maximum atomic E-state index is 7.11. The quantitative estimate of drug-likeness (QED) is 0.668. The molecule has 1 heterocycles. The third-order valence-corrected chi connectivity index (χ3v) is 2.10. The molecule has 0 bridgehead atoms. The lowest BCUT2D eigenvalue weighted by molar-refractivity contribution is 0.301. The SMILES string of the molecule is CC(=N)OCCc1nc2ccccc2[nH]1.Cl.Cl. The molecule has 4 nitrogen and oxygen atoms in total. The van der Waals surface area contributed by atoms with E-state index in [9.17, 15) is 0 Å². The van der Waals surface area contributed by atoms with Crippen molar-refractivity contribution in [2.75, 3.05) is 6.61 Å². The lowest BCUT2D eigenvalue weighted by atomic mass is 10.3. The first-order valence-corrected chi connectivity index (χ1v) is 4.87. The van der Waals surface area contributed by atoms with Gasteiger partial charge in [-0.05, 0) is 12.1 Å². The molecule has 94 valence electrons. The maximum absolute atomic E-state index is 7.11. The molecule has 0 fully saturated rings. The molecule has 2 rings (SSSR count). The van der Waals surface area contributed by atoms with Gasteiger partial charge in [-0.25, -0.2) is 4.98 Å². The topological polar surface area (TPSA) is 61.8 Å². The Labute approximate surface area is 112 Å². The Balaban J connectivity index is 0.00000128. The zero-order valence-corrected chi connectivity index (χ0v) is 11.0. The van der Waals surface area contributed by atoms with Gasteiger partial charge in [0.25, 0.3) is 0 Å². The zero-order valence-electron chi connectivity index (χ0n) is 9.40. The monoisotopic (exact) mass is 275 g/mol. The molecule has 2 aromatic rings. The van der Waals surface area contributed by atoms with Gasteiger partial charge in [-0.15, -0.1) is 24.8 Å². The molecule has 0 spiro atoms. The highest BCUT2D eigenvalue weighted by Gasteiger charge is 2.01. The summed E-state index contributed by atoms with van der Waals surface area (Å²) >= 11 is 0. The first-order chi connectivity index (χ1) is 7.25. The molecule has 0 atom stereocenters. The second-order valence-corrected chi connectivity index (χ2v) is 3.36. The minimum absolute atomic E-state index is 0. The summed E-state index contributed by atoms with van der Waals surface area (Å²) < 4.78 is 5.07. The molecule has 0 unspecified atom stereocenters. The molecule has 0 saturated heterocycles. The molecule has 0 aliphatic carbocycles. The van der Waals surface area contributed by atoms with Crippen LogP contribution in [0.15, 0.2) is 24.3 Å². The highest BCUT2D eigenvalue weighted by molar-refractivity contribution is 5.85. The van der Waals surface area contributed by atoms with Crippen LogP contribution in [-0.4, -0.2) is 22.5 Å². The Kier molecular flexibility index (Phi) is 6.61. The standard InChI is InChI=1S/C11H13N3O.2ClH/c1-8(12)15-7-6-11-13-9-4-2-3-5-10(9)14-11;;/h2-5,12H,6-7H2,1H3,(H,13,14);2*1H. The van der Waals surface area contributed by atoms with E-state index in [1.807, 2.05) is 24.3 Å². The van der Waals surface area contributed by atoms with E-state index in [2.05, 4.69) is 9.97 Å². The number of ether oxygens (including phenoxy) is 1. The van der Waals surface area contributed by atoms with Gasteiger partial charge >= 0.3 is 0 Å². The molecule has 0 aliphatic rings. The van der Waals surface area contributed by atoms with Gasteiger partial charge in [-0.3, -0.25) is 5.41 Å². The first kappa shape index (κ1) is 15.7. The maximum Gasteiger partial charge on any atom is 0.177 e. The predicted octanol–water partition coefficient (Wildman–Crippen LogP) is 2.96. The second kappa shape index (κ2) is 7.14. The van der Waals surface area contributed by atoms with Crippen molar-refractivity contribution >= 4 is 41.7 Å². The lowest BCUT2D eigenvalue weighted by Crippen LogP contribution is -2.03. The van der Waals surface area contributed by atoms with Crippen LogP contribution in [-0.2, 0) is 11.2 Å². The summed E-state index contributed by atoms with van der Waals surface area (Å²) in [6, 6.07) is 7.90. The third kappa shape index (κ3) is 4.24. The van der Waals surface area contributed by atoms with Gasteiger partial charge in [0, 0.05) is 13.3 Å². The number of rotatable bonds is 3.